The largest absolute Gasteiger partial charge is 0.319 e. The molecule has 0 saturated heterocycles. The summed E-state index contributed by atoms with van der Waals surface area (Å²) in [5.74, 6) is -1.60. The quantitative estimate of drug-likeness (QED) is 0.453. The van der Waals surface area contributed by atoms with E-state index < -0.39 is 21.7 Å². The molecule has 0 aliphatic rings. The van der Waals surface area contributed by atoms with Crippen molar-refractivity contribution < 1.29 is 17.6 Å². The molecule has 156 valence electrons. The highest BCUT2D eigenvalue weighted by Gasteiger charge is 2.19. The molecule has 0 heterocycles. The second-order valence-corrected chi connectivity index (χ2v) is 9.22. The Morgan fingerprint density at radius 1 is 0.933 bits per heavy atom. The molecule has 0 radical (unpaired) electrons. The molecule has 3 aromatic carbocycles. The summed E-state index contributed by atoms with van der Waals surface area (Å²) < 4.78 is 41.9. The molecule has 0 fully saturated rings. The average molecular weight is 488 g/mol. The fourth-order valence-electron chi connectivity index (χ4n) is 2.50. The first kappa shape index (κ1) is 22.4. The first-order chi connectivity index (χ1) is 14.1. The maximum atomic E-state index is 14.5. The van der Waals surface area contributed by atoms with E-state index in [2.05, 4.69) is 10.0 Å². The van der Waals surface area contributed by atoms with Gasteiger partial charge in [-0.05, 0) is 61.0 Å². The normalized spacial score (nSPS) is 11.2. The number of sulfonamides is 1. The van der Waals surface area contributed by atoms with E-state index in [0.29, 0.717) is 10.0 Å². The number of hydrogen-bond acceptors (Lipinski definition) is 3. The Morgan fingerprint density at radius 2 is 1.67 bits per heavy atom. The van der Waals surface area contributed by atoms with E-state index in [4.69, 9.17) is 34.8 Å². The van der Waals surface area contributed by atoms with Crippen molar-refractivity contribution in [2.24, 2.45) is 0 Å². The highest BCUT2D eigenvalue weighted by Crippen LogP contribution is 2.26. The number of benzene rings is 3. The van der Waals surface area contributed by atoms with E-state index in [9.17, 15) is 17.6 Å². The van der Waals surface area contributed by atoms with Crippen molar-refractivity contribution >= 4 is 62.1 Å². The third-order valence-corrected chi connectivity index (χ3v) is 6.43. The van der Waals surface area contributed by atoms with Gasteiger partial charge >= 0.3 is 0 Å². The fourth-order valence-corrected chi connectivity index (χ4v) is 4.23. The zero-order valence-corrected chi connectivity index (χ0v) is 18.4. The lowest BCUT2D eigenvalue weighted by molar-refractivity contribution is 0.102. The Bertz CT molecular complexity index is 1250. The average Bonchev–Trinajstić information content (AvgIpc) is 2.66. The lowest BCUT2D eigenvalue weighted by Gasteiger charge is -2.12. The Labute approximate surface area is 187 Å². The van der Waals surface area contributed by atoms with Crippen LogP contribution in [0.3, 0.4) is 0 Å². The third-order valence-electron chi connectivity index (χ3n) is 4.10. The zero-order valence-electron chi connectivity index (χ0n) is 15.3. The van der Waals surface area contributed by atoms with E-state index in [1.54, 1.807) is 19.1 Å². The van der Waals surface area contributed by atoms with Crippen LogP contribution in [0.5, 0.6) is 0 Å². The van der Waals surface area contributed by atoms with Crippen LogP contribution in [-0.4, -0.2) is 14.3 Å². The molecule has 0 atom stereocenters. The van der Waals surface area contributed by atoms with Crippen LogP contribution in [0.4, 0.5) is 15.8 Å². The van der Waals surface area contributed by atoms with Gasteiger partial charge in [-0.1, -0.05) is 40.9 Å². The summed E-state index contributed by atoms with van der Waals surface area (Å²) in [7, 11) is -4.07. The summed E-state index contributed by atoms with van der Waals surface area (Å²) in [6, 6.07) is 12.0. The molecular weight excluding hydrogens is 474 g/mol. The number of anilines is 2. The van der Waals surface area contributed by atoms with Crippen molar-refractivity contribution in [2.75, 3.05) is 10.0 Å². The van der Waals surface area contributed by atoms with Crippen LogP contribution >= 0.6 is 34.8 Å². The monoisotopic (exact) mass is 486 g/mol. The first-order valence-corrected chi connectivity index (χ1v) is 11.0. The van der Waals surface area contributed by atoms with Gasteiger partial charge in [-0.25, -0.2) is 12.8 Å². The predicted octanol–water partition coefficient (Wildman–Crippen LogP) is 6.15. The molecule has 3 rings (SSSR count). The molecule has 0 aliphatic carbocycles. The third kappa shape index (κ3) is 5.05. The van der Waals surface area contributed by atoms with E-state index in [0.717, 1.165) is 17.7 Å². The molecule has 30 heavy (non-hydrogen) atoms. The second-order valence-electron chi connectivity index (χ2n) is 6.29. The summed E-state index contributed by atoms with van der Waals surface area (Å²) in [5.41, 5.74) is 0.908. The topological polar surface area (TPSA) is 75.3 Å². The molecule has 0 aliphatic heterocycles. The molecule has 0 aromatic heterocycles. The summed E-state index contributed by atoms with van der Waals surface area (Å²) >= 11 is 17.8. The minimum atomic E-state index is -4.07. The van der Waals surface area contributed by atoms with Gasteiger partial charge in [0.15, 0.2) is 0 Å². The van der Waals surface area contributed by atoms with Gasteiger partial charge in [-0.2, -0.15) is 0 Å². The summed E-state index contributed by atoms with van der Waals surface area (Å²) in [6.07, 6.45) is 0. The summed E-state index contributed by atoms with van der Waals surface area (Å²) in [4.78, 5) is 12.0. The molecular formula is C20H14Cl3FN2O3S. The molecule has 10 heteroatoms. The van der Waals surface area contributed by atoms with Crippen LogP contribution < -0.4 is 10.0 Å². The number of amides is 1. The summed E-state index contributed by atoms with van der Waals surface area (Å²) in [5, 5.41) is 3.19. The van der Waals surface area contributed by atoms with Gasteiger partial charge in [0.2, 0.25) is 0 Å². The van der Waals surface area contributed by atoms with Crippen molar-refractivity contribution in [1.29, 1.82) is 0 Å². The van der Waals surface area contributed by atoms with Gasteiger partial charge in [0.25, 0.3) is 15.9 Å². The standard InChI is InChI=1S/C20H14Cl3FN2O3S/c1-11-2-4-13(9-16(11)22)26-30(28,29)14-5-7-19(18(24)10-14)25-20(27)15-6-3-12(21)8-17(15)23/h2-10,26H,1H3,(H,25,27). The first-order valence-electron chi connectivity index (χ1n) is 8.42. The highest BCUT2D eigenvalue weighted by molar-refractivity contribution is 7.92. The van der Waals surface area contributed by atoms with E-state index in [-0.39, 0.29) is 26.9 Å². The van der Waals surface area contributed by atoms with E-state index >= 15 is 0 Å². The molecule has 0 saturated carbocycles. The molecule has 5 nitrogen and oxygen atoms in total. The Hall–Kier alpha value is -2.32. The van der Waals surface area contributed by atoms with Crippen LogP contribution in [0.1, 0.15) is 15.9 Å². The van der Waals surface area contributed by atoms with Crippen molar-refractivity contribution in [3.8, 4) is 0 Å². The van der Waals surface area contributed by atoms with Crippen LogP contribution in [0.25, 0.3) is 0 Å². The predicted molar refractivity (Wildman–Crippen MR) is 118 cm³/mol. The second kappa shape index (κ2) is 8.81. The van der Waals surface area contributed by atoms with Crippen molar-refractivity contribution in [2.45, 2.75) is 11.8 Å². The van der Waals surface area contributed by atoms with Gasteiger partial charge < -0.3 is 5.32 Å². The molecule has 3 aromatic rings. The lowest BCUT2D eigenvalue weighted by atomic mass is 10.2. The molecule has 2 N–H and O–H groups in total. The Balaban J connectivity index is 1.81. The van der Waals surface area contributed by atoms with Gasteiger partial charge in [0, 0.05) is 10.0 Å². The van der Waals surface area contributed by atoms with Gasteiger partial charge in [-0.3, -0.25) is 9.52 Å². The van der Waals surface area contributed by atoms with Crippen LogP contribution in [0, 0.1) is 12.7 Å². The van der Waals surface area contributed by atoms with E-state index in [1.165, 1.54) is 30.3 Å². The minimum absolute atomic E-state index is 0.0927. The molecule has 1 amide bonds. The summed E-state index contributed by atoms with van der Waals surface area (Å²) in [6.45, 7) is 1.78. The van der Waals surface area contributed by atoms with Crippen molar-refractivity contribution in [1.82, 2.24) is 0 Å². The van der Waals surface area contributed by atoms with Gasteiger partial charge in [-0.15, -0.1) is 0 Å². The molecule has 0 spiro atoms. The zero-order chi connectivity index (χ0) is 22.1. The van der Waals surface area contributed by atoms with Crippen molar-refractivity contribution in [3.63, 3.8) is 0 Å². The van der Waals surface area contributed by atoms with Crippen molar-refractivity contribution in [3.05, 3.63) is 86.6 Å². The lowest BCUT2D eigenvalue weighted by Crippen LogP contribution is -2.16. The van der Waals surface area contributed by atoms with Crippen LogP contribution in [0.2, 0.25) is 15.1 Å². The van der Waals surface area contributed by atoms with Gasteiger partial charge in [0.05, 0.1) is 26.9 Å². The maximum absolute atomic E-state index is 14.5. The fraction of sp³-hybridized carbons (Fsp3) is 0.0500. The number of nitrogens with one attached hydrogen (secondary N) is 2. The number of hydrogen-bond donors (Lipinski definition) is 2. The minimum Gasteiger partial charge on any atom is -0.319 e. The number of carbonyl (C=O) groups is 1. The number of rotatable bonds is 5. The van der Waals surface area contributed by atoms with Crippen LogP contribution in [-0.2, 0) is 10.0 Å². The number of aryl methyl sites for hydroxylation is 1. The molecule has 0 bridgehead atoms. The van der Waals surface area contributed by atoms with Gasteiger partial charge in [0.1, 0.15) is 5.82 Å². The Kier molecular flexibility index (Phi) is 6.57. The highest BCUT2D eigenvalue weighted by atomic mass is 35.5. The SMILES string of the molecule is Cc1ccc(NS(=O)(=O)c2ccc(NC(=O)c3ccc(Cl)cc3Cl)c(F)c2)cc1Cl. The van der Waals surface area contributed by atoms with Crippen LogP contribution in [0.15, 0.2) is 59.5 Å². The smallest absolute Gasteiger partial charge is 0.261 e. The number of halogens is 4. The number of carbonyl (C=O) groups excluding carboxylic acids is 1. The maximum Gasteiger partial charge on any atom is 0.261 e. The Morgan fingerprint density at radius 3 is 2.30 bits per heavy atom. The molecule has 0 unspecified atom stereocenters. The van der Waals surface area contributed by atoms with E-state index in [1.807, 2.05) is 0 Å².